The van der Waals surface area contributed by atoms with E-state index in [1.165, 1.54) is 12.1 Å². The zero-order chi connectivity index (χ0) is 10.7. The molecule has 1 atom stereocenters. The maximum Gasteiger partial charge on any atom is 0.179 e. The molecule has 14 heavy (non-hydrogen) atoms. The van der Waals surface area contributed by atoms with Gasteiger partial charge in [0.05, 0.1) is 6.04 Å². The molecule has 1 unspecified atom stereocenters. The molecule has 0 radical (unpaired) electrons. The maximum absolute atomic E-state index is 12.9. The fourth-order valence-corrected chi connectivity index (χ4v) is 1.22. The Balaban J connectivity index is 3.06. The zero-order valence-electron chi connectivity index (χ0n) is 8.60. The number of aryl methyl sites for hydroxylation is 1. The number of likely N-dealkylation sites (N-methyl/N-ethyl adjacent to an activating group) is 1. The Morgan fingerprint density at radius 2 is 2.14 bits per heavy atom. The van der Waals surface area contributed by atoms with Crippen molar-refractivity contribution in [2.75, 3.05) is 7.05 Å². The van der Waals surface area contributed by atoms with E-state index in [-0.39, 0.29) is 17.6 Å². The van der Waals surface area contributed by atoms with Gasteiger partial charge in [-0.3, -0.25) is 4.79 Å². The van der Waals surface area contributed by atoms with Crippen LogP contribution in [0.1, 0.15) is 22.8 Å². The predicted octanol–water partition coefficient (Wildman–Crippen LogP) is 1.92. The van der Waals surface area contributed by atoms with Gasteiger partial charge in [-0.2, -0.15) is 0 Å². The van der Waals surface area contributed by atoms with E-state index in [9.17, 15) is 9.18 Å². The van der Waals surface area contributed by atoms with Crippen molar-refractivity contribution in [2.24, 2.45) is 0 Å². The number of rotatable bonds is 3. The number of ketones is 1. The highest BCUT2D eigenvalue weighted by Crippen LogP contribution is 2.12. The summed E-state index contributed by atoms with van der Waals surface area (Å²) >= 11 is 0. The van der Waals surface area contributed by atoms with Crippen LogP contribution in [0.3, 0.4) is 0 Å². The molecule has 1 aromatic carbocycles. The van der Waals surface area contributed by atoms with Gasteiger partial charge in [-0.1, -0.05) is 6.07 Å². The molecule has 0 saturated heterocycles. The van der Waals surface area contributed by atoms with Crippen LogP contribution in [-0.4, -0.2) is 18.9 Å². The number of carbonyl (C=O) groups is 1. The average molecular weight is 195 g/mol. The lowest BCUT2D eigenvalue weighted by Crippen LogP contribution is -2.31. The van der Waals surface area contributed by atoms with Gasteiger partial charge in [0.15, 0.2) is 5.78 Å². The Labute approximate surface area is 83.1 Å². The van der Waals surface area contributed by atoms with Gasteiger partial charge in [-0.15, -0.1) is 0 Å². The maximum atomic E-state index is 12.9. The average Bonchev–Trinajstić information content (AvgIpc) is 2.19. The fourth-order valence-electron chi connectivity index (χ4n) is 1.22. The molecular weight excluding hydrogens is 181 g/mol. The van der Waals surface area contributed by atoms with Gasteiger partial charge >= 0.3 is 0 Å². The van der Waals surface area contributed by atoms with Crippen LogP contribution in [0.2, 0.25) is 0 Å². The summed E-state index contributed by atoms with van der Waals surface area (Å²) in [4.78, 5) is 11.7. The van der Waals surface area contributed by atoms with Crippen LogP contribution in [0, 0.1) is 12.7 Å². The van der Waals surface area contributed by atoms with Gasteiger partial charge in [0.1, 0.15) is 5.82 Å². The van der Waals surface area contributed by atoms with Crippen molar-refractivity contribution in [3.63, 3.8) is 0 Å². The Bertz CT molecular complexity index is 349. The highest BCUT2D eigenvalue weighted by Gasteiger charge is 2.15. The lowest BCUT2D eigenvalue weighted by atomic mass is 10.0. The van der Waals surface area contributed by atoms with Gasteiger partial charge in [0, 0.05) is 5.56 Å². The lowest BCUT2D eigenvalue weighted by molar-refractivity contribution is 0.0954. The molecule has 0 aliphatic carbocycles. The molecule has 0 amide bonds. The second-order valence-electron chi connectivity index (χ2n) is 3.33. The minimum Gasteiger partial charge on any atom is -0.310 e. The van der Waals surface area contributed by atoms with E-state index < -0.39 is 0 Å². The van der Waals surface area contributed by atoms with Gasteiger partial charge < -0.3 is 5.32 Å². The third-order valence-electron chi connectivity index (χ3n) is 2.29. The number of Topliss-reactive ketones (excluding diaryl/α,β-unsaturated/α-hetero) is 1. The van der Waals surface area contributed by atoms with Crippen molar-refractivity contribution in [1.29, 1.82) is 0 Å². The first-order chi connectivity index (χ1) is 6.56. The van der Waals surface area contributed by atoms with Crippen LogP contribution < -0.4 is 5.32 Å². The number of halogens is 1. The molecule has 0 heterocycles. The second kappa shape index (κ2) is 4.33. The minimum atomic E-state index is -0.373. The molecule has 0 saturated carbocycles. The van der Waals surface area contributed by atoms with Crippen molar-refractivity contribution < 1.29 is 9.18 Å². The summed E-state index contributed by atoms with van der Waals surface area (Å²) < 4.78 is 12.9. The van der Waals surface area contributed by atoms with Crippen LogP contribution in [0.4, 0.5) is 4.39 Å². The molecule has 76 valence electrons. The summed E-state index contributed by atoms with van der Waals surface area (Å²) in [6.45, 7) is 3.56. The largest absolute Gasteiger partial charge is 0.310 e. The zero-order valence-corrected chi connectivity index (χ0v) is 8.60. The Morgan fingerprint density at radius 3 is 2.71 bits per heavy atom. The van der Waals surface area contributed by atoms with Crippen LogP contribution >= 0.6 is 0 Å². The SMILES string of the molecule is CNC(C)C(=O)c1cc(F)ccc1C. The predicted molar refractivity (Wildman–Crippen MR) is 54.0 cm³/mol. The van der Waals surface area contributed by atoms with E-state index in [0.717, 1.165) is 5.56 Å². The molecular formula is C11H14FNO. The van der Waals surface area contributed by atoms with E-state index in [0.29, 0.717) is 5.56 Å². The number of nitrogens with one attached hydrogen (secondary N) is 1. The summed E-state index contributed by atoms with van der Waals surface area (Å²) in [5, 5.41) is 2.84. The Hall–Kier alpha value is -1.22. The number of hydrogen-bond acceptors (Lipinski definition) is 2. The van der Waals surface area contributed by atoms with Gasteiger partial charge in [-0.05, 0) is 38.6 Å². The fraction of sp³-hybridized carbons (Fsp3) is 0.364. The van der Waals surface area contributed by atoms with Crippen LogP contribution in [-0.2, 0) is 0 Å². The molecule has 0 aliphatic heterocycles. The molecule has 1 N–H and O–H groups in total. The monoisotopic (exact) mass is 195 g/mol. The van der Waals surface area contributed by atoms with E-state index >= 15 is 0 Å². The van der Waals surface area contributed by atoms with Crippen molar-refractivity contribution >= 4 is 5.78 Å². The molecule has 0 aromatic heterocycles. The quantitative estimate of drug-likeness (QED) is 0.746. The highest BCUT2D eigenvalue weighted by molar-refractivity contribution is 6.01. The van der Waals surface area contributed by atoms with E-state index in [1.54, 1.807) is 27.0 Å². The van der Waals surface area contributed by atoms with Crippen molar-refractivity contribution in [1.82, 2.24) is 5.32 Å². The molecule has 3 heteroatoms. The van der Waals surface area contributed by atoms with Crippen LogP contribution in [0.5, 0.6) is 0 Å². The van der Waals surface area contributed by atoms with Gasteiger partial charge in [-0.25, -0.2) is 4.39 Å². The molecule has 1 rings (SSSR count). The summed E-state index contributed by atoms with van der Waals surface area (Å²) in [5.41, 5.74) is 1.25. The van der Waals surface area contributed by atoms with E-state index in [1.807, 2.05) is 0 Å². The molecule has 0 bridgehead atoms. The normalized spacial score (nSPS) is 12.6. The molecule has 2 nitrogen and oxygen atoms in total. The van der Waals surface area contributed by atoms with E-state index in [2.05, 4.69) is 5.32 Å². The lowest BCUT2D eigenvalue weighted by Gasteiger charge is -2.10. The summed E-state index contributed by atoms with van der Waals surface area (Å²) in [6, 6.07) is 3.97. The Kier molecular flexibility index (Phi) is 3.36. The van der Waals surface area contributed by atoms with Gasteiger partial charge in [0.2, 0.25) is 0 Å². The van der Waals surface area contributed by atoms with Crippen molar-refractivity contribution in [2.45, 2.75) is 19.9 Å². The topological polar surface area (TPSA) is 29.1 Å². The van der Waals surface area contributed by atoms with Crippen LogP contribution in [0.15, 0.2) is 18.2 Å². The first-order valence-corrected chi connectivity index (χ1v) is 4.54. The first-order valence-electron chi connectivity index (χ1n) is 4.54. The van der Waals surface area contributed by atoms with Crippen molar-refractivity contribution in [3.05, 3.63) is 35.1 Å². The van der Waals surface area contributed by atoms with E-state index in [4.69, 9.17) is 0 Å². The molecule has 1 aromatic rings. The smallest absolute Gasteiger partial charge is 0.179 e. The summed E-state index contributed by atoms with van der Waals surface area (Å²) in [6.07, 6.45) is 0. The summed E-state index contributed by atoms with van der Waals surface area (Å²) in [5.74, 6) is -0.452. The van der Waals surface area contributed by atoms with Gasteiger partial charge in [0.25, 0.3) is 0 Å². The number of benzene rings is 1. The minimum absolute atomic E-state index is 0.0792. The molecule has 0 spiro atoms. The number of carbonyl (C=O) groups excluding carboxylic acids is 1. The summed E-state index contributed by atoms with van der Waals surface area (Å²) in [7, 11) is 1.71. The highest BCUT2D eigenvalue weighted by atomic mass is 19.1. The van der Waals surface area contributed by atoms with Crippen LogP contribution in [0.25, 0.3) is 0 Å². The second-order valence-corrected chi connectivity index (χ2v) is 3.33. The third-order valence-corrected chi connectivity index (χ3v) is 2.29. The molecule has 0 aliphatic rings. The number of hydrogen-bond donors (Lipinski definition) is 1. The molecule has 0 fully saturated rings. The van der Waals surface area contributed by atoms with Crippen molar-refractivity contribution in [3.8, 4) is 0 Å². The first kappa shape index (κ1) is 10.9. The standard InChI is InChI=1S/C11H14FNO/c1-7-4-5-9(12)6-10(7)11(14)8(2)13-3/h4-6,8,13H,1-3H3. The Morgan fingerprint density at radius 1 is 1.50 bits per heavy atom. The third kappa shape index (κ3) is 2.17.